The molecule has 1 N–H and O–H groups in total. The number of rotatable bonds is 9. The fourth-order valence-electron chi connectivity index (χ4n) is 5.00. The molecule has 6 atom stereocenters. The summed E-state index contributed by atoms with van der Waals surface area (Å²) >= 11 is 0. The van der Waals surface area contributed by atoms with Crippen LogP contribution in [0.15, 0.2) is 78.9 Å². The molecule has 1 aliphatic rings. The summed E-state index contributed by atoms with van der Waals surface area (Å²) in [6, 6.07) is 26.5. The number of benzene rings is 3. The first-order valence-corrected chi connectivity index (χ1v) is 12.6. The van der Waals surface area contributed by atoms with Crippen LogP contribution in [0.25, 0.3) is 0 Å². The van der Waals surface area contributed by atoms with E-state index < -0.39 is 12.2 Å². The summed E-state index contributed by atoms with van der Waals surface area (Å²) in [6.07, 6.45) is -1.65. The minimum absolute atomic E-state index is 0.129. The Kier molecular flexibility index (Phi) is 8.74. The smallest absolute Gasteiger partial charge is 0.114 e. The van der Waals surface area contributed by atoms with Crippen LogP contribution in [-0.2, 0) is 27.4 Å². The molecule has 1 fully saturated rings. The normalized spacial score (nSPS) is 25.3. The summed E-state index contributed by atoms with van der Waals surface area (Å²) in [6.45, 7) is 10.0. The standard InChI is InChI=1S/C31H38O4/c1-21-15-16-27(22(2)17-21)29(32)31-30(34-19-26-13-9-6-10-14-26)24(4)23(3)28(35-31)20-33-18-25-11-7-5-8-12-25/h5-17,23-24,28-32H,18-20H2,1-4H3/t23?,24?,28?,29-,30?,31?/m0/s1. The Balaban J connectivity index is 1.52. The molecule has 0 aliphatic carbocycles. The van der Waals surface area contributed by atoms with Gasteiger partial charge in [-0.1, -0.05) is 98.3 Å². The van der Waals surface area contributed by atoms with Gasteiger partial charge >= 0.3 is 0 Å². The van der Waals surface area contributed by atoms with E-state index in [4.69, 9.17) is 14.2 Å². The summed E-state index contributed by atoms with van der Waals surface area (Å²) in [5.41, 5.74) is 5.38. The van der Waals surface area contributed by atoms with Crippen LogP contribution in [0.2, 0.25) is 0 Å². The van der Waals surface area contributed by atoms with Gasteiger partial charge in [0.2, 0.25) is 0 Å². The summed E-state index contributed by atoms with van der Waals surface area (Å²) in [5, 5.41) is 11.6. The largest absolute Gasteiger partial charge is 0.386 e. The van der Waals surface area contributed by atoms with Crippen molar-refractivity contribution >= 4 is 0 Å². The van der Waals surface area contributed by atoms with Crippen molar-refractivity contribution in [3.8, 4) is 0 Å². The van der Waals surface area contributed by atoms with Crippen LogP contribution in [0.5, 0.6) is 0 Å². The highest BCUT2D eigenvalue weighted by atomic mass is 16.6. The molecule has 3 aromatic rings. The monoisotopic (exact) mass is 474 g/mol. The van der Waals surface area contributed by atoms with Crippen molar-refractivity contribution in [3.05, 3.63) is 107 Å². The minimum atomic E-state index is -0.789. The van der Waals surface area contributed by atoms with E-state index in [1.54, 1.807) is 0 Å². The van der Waals surface area contributed by atoms with E-state index in [9.17, 15) is 5.11 Å². The van der Waals surface area contributed by atoms with Crippen molar-refractivity contribution in [2.75, 3.05) is 6.61 Å². The zero-order valence-electron chi connectivity index (χ0n) is 21.3. The quantitative estimate of drug-likeness (QED) is 0.402. The molecule has 4 rings (SSSR count). The lowest BCUT2D eigenvalue weighted by Crippen LogP contribution is -2.53. The second-order valence-electron chi connectivity index (χ2n) is 9.92. The molecule has 3 aromatic carbocycles. The molecule has 4 nitrogen and oxygen atoms in total. The molecule has 0 spiro atoms. The second-order valence-corrected chi connectivity index (χ2v) is 9.92. The van der Waals surface area contributed by atoms with Crippen molar-refractivity contribution < 1.29 is 19.3 Å². The van der Waals surface area contributed by atoms with Gasteiger partial charge in [-0.05, 0) is 47.9 Å². The maximum Gasteiger partial charge on any atom is 0.114 e. The van der Waals surface area contributed by atoms with Gasteiger partial charge in [0.15, 0.2) is 0 Å². The first kappa shape index (κ1) is 25.6. The lowest BCUT2D eigenvalue weighted by atomic mass is 9.78. The third-order valence-corrected chi connectivity index (χ3v) is 7.32. The number of hydrogen-bond donors (Lipinski definition) is 1. The lowest BCUT2D eigenvalue weighted by molar-refractivity contribution is -0.230. The van der Waals surface area contributed by atoms with Crippen LogP contribution in [0.4, 0.5) is 0 Å². The number of aliphatic hydroxyl groups excluding tert-OH is 1. The lowest BCUT2D eigenvalue weighted by Gasteiger charge is -2.46. The number of ether oxygens (including phenoxy) is 3. The fraction of sp³-hybridized carbons (Fsp3) is 0.419. The first-order valence-electron chi connectivity index (χ1n) is 12.6. The topological polar surface area (TPSA) is 47.9 Å². The van der Waals surface area contributed by atoms with Gasteiger partial charge in [-0.15, -0.1) is 0 Å². The molecule has 0 aromatic heterocycles. The maximum absolute atomic E-state index is 11.6. The second kappa shape index (κ2) is 12.0. The Hall–Kier alpha value is -2.50. The number of aliphatic hydroxyl groups is 1. The van der Waals surface area contributed by atoms with E-state index >= 15 is 0 Å². The molecule has 0 bridgehead atoms. The number of aryl methyl sites for hydroxylation is 2. The van der Waals surface area contributed by atoms with Gasteiger partial charge in [-0.2, -0.15) is 0 Å². The van der Waals surface area contributed by atoms with Crippen LogP contribution in [0.1, 0.15) is 47.8 Å². The van der Waals surface area contributed by atoms with Crippen LogP contribution >= 0.6 is 0 Å². The third-order valence-electron chi connectivity index (χ3n) is 7.32. The predicted molar refractivity (Wildman–Crippen MR) is 139 cm³/mol. The fourth-order valence-corrected chi connectivity index (χ4v) is 5.00. The molecule has 1 heterocycles. The molecular weight excluding hydrogens is 436 g/mol. The summed E-state index contributed by atoms with van der Waals surface area (Å²) in [5.74, 6) is 0.400. The highest BCUT2D eigenvalue weighted by Gasteiger charge is 2.45. The Labute approximate surface area is 209 Å². The first-order chi connectivity index (χ1) is 16.9. The third kappa shape index (κ3) is 6.39. The minimum Gasteiger partial charge on any atom is -0.386 e. The highest BCUT2D eigenvalue weighted by molar-refractivity contribution is 5.33. The zero-order chi connectivity index (χ0) is 24.8. The van der Waals surface area contributed by atoms with E-state index in [1.807, 2.05) is 55.5 Å². The van der Waals surface area contributed by atoms with E-state index in [-0.39, 0.29) is 24.0 Å². The van der Waals surface area contributed by atoms with Gasteiger partial charge in [0, 0.05) is 0 Å². The molecule has 4 heteroatoms. The van der Waals surface area contributed by atoms with Gasteiger partial charge in [0.05, 0.1) is 32.0 Å². The van der Waals surface area contributed by atoms with E-state index in [2.05, 4.69) is 51.1 Å². The van der Waals surface area contributed by atoms with Crippen molar-refractivity contribution in [1.82, 2.24) is 0 Å². The predicted octanol–water partition coefficient (Wildman–Crippen LogP) is 6.18. The van der Waals surface area contributed by atoms with Crippen LogP contribution in [0.3, 0.4) is 0 Å². The molecule has 1 aliphatic heterocycles. The van der Waals surface area contributed by atoms with Crippen molar-refractivity contribution in [2.45, 2.75) is 65.3 Å². The molecule has 5 unspecified atom stereocenters. The van der Waals surface area contributed by atoms with Crippen LogP contribution < -0.4 is 0 Å². The SMILES string of the molecule is Cc1ccc([C@H](O)C2OC(COCc3ccccc3)C(C)C(C)C2OCc2ccccc2)c(C)c1. The number of hydrogen-bond acceptors (Lipinski definition) is 4. The molecule has 0 amide bonds. The van der Waals surface area contributed by atoms with E-state index in [0.717, 1.165) is 22.3 Å². The van der Waals surface area contributed by atoms with Crippen molar-refractivity contribution in [1.29, 1.82) is 0 Å². The Morgan fingerprint density at radius 3 is 2.09 bits per heavy atom. The Morgan fingerprint density at radius 2 is 1.46 bits per heavy atom. The van der Waals surface area contributed by atoms with E-state index in [0.29, 0.717) is 19.8 Å². The van der Waals surface area contributed by atoms with Crippen molar-refractivity contribution in [3.63, 3.8) is 0 Å². The van der Waals surface area contributed by atoms with Crippen LogP contribution in [0, 0.1) is 25.7 Å². The summed E-state index contributed by atoms with van der Waals surface area (Å²) < 4.78 is 19.1. The molecule has 0 radical (unpaired) electrons. The maximum atomic E-state index is 11.6. The summed E-state index contributed by atoms with van der Waals surface area (Å²) in [4.78, 5) is 0. The van der Waals surface area contributed by atoms with Gasteiger partial charge < -0.3 is 19.3 Å². The molecule has 0 saturated carbocycles. The molecule has 1 saturated heterocycles. The average molecular weight is 475 g/mol. The Morgan fingerprint density at radius 1 is 0.829 bits per heavy atom. The molecule has 186 valence electrons. The van der Waals surface area contributed by atoms with Crippen molar-refractivity contribution in [2.24, 2.45) is 11.8 Å². The van der Waals surface area contributed by atoms with Gasteiger partial charge in [-0.3, -0.25) is 0 Å². The average Bonchev–Trinajstić information content (AvgIpc) is 2.87. The van der Waals surface area contributed by atoms with Crippen LogP contribution in [-0.4, -0.2) is 30.0 Å². The van der Waals surface area contributed by atoms with Gasteiger partial charge in [-0.25, -0.2) is 0 Å². The van der Waals surface area contributed by atoms with E-state index in [1.165, 1.54) is 5.56 Å². The molecular formula is C31H38O4. The highest BCUT2D eigenvalue weighted by Crippen LogP contribution is 2.39. The summed E-state index contributed by atoms with van der Waals surface area (Å²) in [7, 11) is 0. The zero-order valence-corrected chi connectivity index (χ0v) is 21.3. The van der Waals surface area contributed by atoms with Gasteiger partial charge in [0.1, 0.15) is 12.2 Å². The molecule has 35 heavy (non-hydrogen) atoms. The Bertz CT molecular complexity index is 1050. The van der Waals surface area contributed by atoms with Gasteiger partial charge in [0.25, 0.3) is 0 Å².